The predicted molar refractivity (Wildman–Crippen MR) is 111 cm³/mol. The van der Waals surface area contributed by atoms with Gasteiger partial charge in [-0.25, -0.2) is 18.7 Å². The van der Waals surface area contributed by atoms with Gasteiger partial charge in [-0.1, -0.05) is 0 Å². The summed E-state index contributed by atoms with van der Waals surface area (Å²) in [6.07, 6.45) is 4.81. The number of nitrogens with zero attached hydrogens (tertiary/aromatic N) is 5. The minimum absolute atomic E-state index is 0.153. The van der Waals surface area contributed by atoms with E-state index in [2.05, 4.69) is 14.9 Å². The number of amides is 1. The Morgan fingerprint density at radius 2 is 1.81 bits per heavy atom. The molecule has 2 aromatic heterocycles. The maximum atomic E-state index is 13.1. The number of carbonyl (C=O) groups excluding carboxylic acids is 1. The highest BCUT2D eigenvalue weighted by Gasteiger charge is 2.50. The number of hydrogen-bond donors (Lipinski definition) is 0. The van der Waals surface area contributed by atoms with Crippen molar-refractivity contribution < 1.29 is 18.3 Å². The van der Waals surface area contributed by atoms with E-state index in [0.29, 0.717) is 26.2 Å². The Hall–Kier alpha value is -3.23. The SMILES string of the molecule is COc1ccc(-c2cnc(N3CCN(C(=O)C4CC(F)(F)C4)CC3)c3nccn23)cc1. The second kappa shape index (κ2) is 7.47. The first kappa shape index (κ1) is 19.7. The van der Waals surface area contributed by atoms with E-state index in [1.807, 2.05) is 41.1 Å². The van der Waals surface area contributed by atoms with Crippen molar-refractivity contribution in [1.82, 2.24) is 19.3 Å². The highest BCUT2D eigenvalue weighted by atomic mass is 19.3. The first-order valence-corrected chi connectivity index (χ1v) is 10.3. The summed E-state index contributed by atoms with van der Waals surface area (Å²) >= 11 is 0. The van der Waals surface area contributed by atoms with Crippen LogP contribution in [0.25, 0.3) is 16.9 Å². The molecule has 0 atom stereocenters. The molecule has 3 aromatic rings. The Balaban J connectivity index is 1.32. The minimum atomic E-state index is -2.68. The summed E-state index contributed by atoms with van der Waals surface area (Å²) in [5.41, 5.74) is 2.65. The number of hydrogen-bond acceptors (Lipinski definition) is 5. The second-order valence-electron chi connectivity index (χ2n) is 8.09. The average molecular weight is 427 g/mol. The Morgan fingerprint density at radius 3 is 2.45 bits per heavy atom. The molecule has 9 heteroatoms. The van der Waals surface area contributed by atoms with Crippen LogP contribution < -0.4 is 9.64 Å². The highest BCUT2D eigenvalue weighted by molar-refractivity contribution is 5.80. The largest absolute Gasteiger partial charge is 0.497 e. The van der Waals surface area contributed by atoms with Crippen molar-refractivity contribution in [2.75, 3.05) is 38.2 Å². The summed E-state index contributed by atoms with van der Waals surface area (Å²) in [5.74, 6) is -1.83. The standard InChI is InChI=1S/C22H23F2N5O2/c1-31-17-4-2-15(3-5-17)18-14-26-19(20-25-6-7-29(18)20)27-8-10-28(11-9-27)21(30)16-12-22(23,24)13-16/h2-7,14,16H,8-13H2,1H3. The van der Waals surface area contributed by atoms with E-state index < -0.39 is 11.8 Å². The zero-order chi connectivity index (χ0) is 21.6. The molecule has 2 aliphatic rings. The molecule has 2 fully saturated rings. The third kappa shape index (κ3) is 3.58. The quantitative estimate of drug-likeness (QED) is 0.640. The zero-order valence-corrected chi connectivity index (χ0v) is 17.2. The first-order chi connectivity index (χ1) is 14.9. The van der Waals surface area contributed by atoms with Crippen LogP contribution in [0.1, 0.15) is 12.8 Å². The molecule has 1 aliphatic heterocycles. The third-order valence-corrected chi connectivity index (χ3v) is 6.13. The third-order valence-electron chi connectivity index (χ3n) is 6.13. The Bertz CT molecular complexity index is 1100. The minimum Gasteiger partial charge on any atom is -0.497 e. The van der Waals surface area contributed by atoms with Crippen LogP contribution in [0, 0.1) is 5.92 Å². The van der Waals surface area contributed by atoms with Gasteiger partial charge in [-0.15, -0.1) is 0 Å². The van der Waals surface area contributed by atoms with Crippen LogP contribution in [0.15, 0.2) is 42.9 Å². The summed E-state index contributed by atoms with van der Waals surface area (Å²) < 4.78 is 33.4. The molecule has 31 heavy (non-hydrogen) atoms. The molecule has 1 amide bonds. The predicted octanol–water partition coefficient (Wildman–Crippen LogP) is 3.10. The normalized spacial score (nSPS) is 18.8. The van der Waals surface area contributed by atoms with Crippen molar-refractivity contribution >= 4 is 17.4 Å². The molecule has 1 saturated heterocycles. The van der Waals surface area contributed by atoms with Crippen molar-refractivity contribution in [1.29, 1.82) is 0 Å². The Morgan fingerprint density at radius 1 is 1.10 bits per heavy atom. The van der Waals surface area contributed by atoms with Crippen LogP contribution >= 0.6 is 0 Å². The van der Waals surface area contributed by atoms with Crippen molar-refractivity contribution in [3.8, 4) is 17.0 Å². The van der Waals surface area contributed by atoms with Gasteiger partial charge in [0.05, 0.1) is 19.0 Å². The number of aromatic nitrogens is 3. The molecule has 1 aromatic carbocycles. The van der Waals surface area contributed by atoms with Crippen molar-refractivity contribution in [3.05, 3.63) is 42.9 Å². The van der Waals surface area contributed by atoms with Crippen molar-refractivity contribution in [2.24, 2.45) is 5.92 Å². The van der Waals surface area contributed by atoms with Gasteiger partial charge in [-0.3, -0.25) is 9.20 Å². The van der Waals surface area contributed by atoms with Gasteiger partial charge < -0.3 is 14.5 Å². The molecule has 3 heterocycles. The van der Waals surface area contributed by atoms with E-state index in [1.165, 1.54) is 0 Å². The number of imidazole rings is 1. The molecule has 0 N–H and O–H groups in total. The topological polar surface area (TPSA) is 63.0 Å². The lowest BCUT2D eigenvalue weighted by Gasteiger charge is -2.41. The average Bonchev–Trinajstić information content (AvgIpc) is 3.26. The molecule has 1 saturated carbocycles. The first-order valence-electron chi connectivity index (χ1n) is 10.3. The fourth-order valence-corrected chi connectivity index (χ4v) is 4.34. The summed E-state index contributed by atoms with van der Waals surface area (Å²) in [5, 5.41) is 0. The molecule has 0 unspecified atom stereocenters. The van der Waals surface area contributed by atoms with Gasteiger partial charge in [0.1, 0.15) is 5.75 Å². The number of ether oxygens (including phenoxy) is 1. The van der Waals surface area contributed by atoms with Gasteiger partial charge in [0.2, 0.25) is 11.8 Å². The lowest BCUT2D eigenvalue weighted by molar-refractivity contribution is -0.160. The Labute approximate surface area is 178 Å². The molecule has 0 bridgehead atoms. The number of benzene rings is 1. The summed E-state index contributed by atoms with van der Waals surface area (Å²) in [4.78, 5) is 25.4. The van der Waals surface area contributed by atoms with Crippen LogP contribution in [0.3, 0.4) is 0 Å². The van der Waals surface area contributed by atoms with Crippen LogP contribution in [-0.2, 0) is 4.79 Å². The van der Waals surface area contributed by atoms with Gasteiger partial charge in [-0.2, -0.15) is 0 Å². The van der Waals surface area contributed by atoms with E-state index >= 15 is 0 Å². The van der Waals surface area contributed by atoms with Gasteiger partial charge in [0.15, 0.2) is 11.5 Å². The number of methoxy groups -OCH3 is 1. The van der Waals surface area contributed by atoms with E-state index in [9.17, 15) is 13.6 Å². The van der Waals surface area contributed by atoms with E-state index in [-0.39, 0.29) is 18.7 Å². The molecule has 0 spiro atoms. The lowest BCUT2D eigenvalue weighted by Crippen LogP contribution is -2.53. The van der Waals surface area contributed by atoms with Gasteiger partial charge in [-0.05, 0) is 24.3 Å². The van der Waals surface area contributed by atoms with E-state index in [0.717, 1.165) is 28.5 Å². The van der Waals surface area contributed by atoms with Crippen molar-refractivity contribution in [3.63, 3.8) is 0 Å². The Kier molecular flexibility index (Phi) is 4.75. The van der Waals surface area contributed by atoms with E-state index in [1.54, 1.807) is 18.2 Å². The monoisotopic (exact) mass is 427 g/mol. The molecule has 5 rings (SSSR count). The molecular formula is C22H23F2N5O2. The number of alkyl halides is 2. The second-order valence-corrected chi connectivity index (χ2v) is 8.09. The molecule has 1 aliphatic carbocycles. The zero-order valence-electron chi connectivity index (χ0n) is 17.2. The van der Waals surface area contributed by atoms with Gasteiger partial charge in [0.25, 0.3) is 0 Å². The summed E-state index contributed by atoms with van der Waals surface area (Å²) in [6, 6.07) is 7.76. The maximum absolute atomic E-state index is 13.1. The molecule has 0 radical (unpaired) electrons. The maximum Gasteiger partial charge on any atom is 0.249 e. The summed E-state index contributed by atoms with van der Waals surface area (Å²) in [7, 11) is 1.63. The number of carbonyl (C=O) groups is 1. The highest BCUT2D eigenvalue weighted by Crippen LogP contribution is 2.43. The molecule has 7 nitrogen and oxygen atoms in total. The number of halogens is 2. The van der Waals surface area contributed by atoms with Crippen molar-refractivity contribution in [2.45, 2.75) is 18.8 Å². The lowest BCUT2D eigenvalue weighted by atomic mass is 9.80. The summed E-state index contributed by atoms with van der Waals surface area (Å²) in [6.45, 7) is 2.17. The van der Waals surface area contributed by atoms with Crippen LogP contribution in [-0.4, -0.2) is 64.4 Å². The van der Waals surface area contributed by atoms with Gasteiger partial charge >= 0.3 is 0 Å². The van der Waals surface area contributed by atoms with Crippen LogP contribution in [0.4, 0.5) is 14.6 Å². The smallest absolute Gasteiger partial charge is 0.249 e. The van der Waals surface area contributed by atoms with E-state index in [4.69, 9.17) is 4.74 Å². The van der Waals surface area contributed by atoms with Crippen LogP contribution in [0.5, 0.6) is 5.75 Å². The fourth-order valence-electron chi connectivity index (χ4n) is 4.34. The van der Waals surface area contributed by atoms with Gasteiger partial charge in [0, 0.05) is 62.9 Å². The fraction of sp³-hybridized carbons (Fsp3) is 0.409. The van der Waals surface area contributed by atoms with Crippen LogP contribution in [0.2, 0.25) is 0 Å². The molecular weight excluding hydrogens is 404 g/mol. The number of rotatable bonds is 4. The number of anilines is 1. The number of fused-ring (bicyclic) bond motifs is 1. The number of piperazine rings is 1. The molecule has 162 valence electrons.